The van der Waals surface area contributed by atoms with E-state index >= 15 is 0 Å². The molecule has 0 bridgehead atoms. The van der Waals surface area contributed by atoms with Crippen LogP contribution in [0.15, 0.2) is 30.3 Å². The standard InChI is InChI=1S/C17H23Cl.CH2O3/c1-16(2,3)13-8-6-12(7-9-13)15(18)10-14-11-17(14,4)5;2-1(3)4/h6-10,14H,11H2,1-5H3;(H2,2,3,4). The molecule has 1 saturated carbocycles. The van der Waals surface area contributed by atoms with Crippen LogP contribution in [-0.4, -0.2) is 16.4 Å². The second-order valence-electron chi connectivity index (χ2n) is 7.42. The van der Waals surface area contributed by atoms with Crippen molar-refractivity contribution < 1.29 is 15.0 Å². The third-order valence-electron chi connectivity index (χ3n) is 3.96. The number of hydrogen-bond donors (Lipinski definition) is 2. The van der Waals surface area contributed by atoms with Gasteiger partial charge in [0.25, 0.3) is 0 Å². The quantitative estimate of drug-likeness (QED) is 0.719. The van der Waals surface area contributed by atoms with Crippen molar-refractivity contribution in [2.45, 2.75) is 46.5 Å². The molecular formula is C18H25ClO3. The first-order chi connectivity index (χ1) is 9.93. The normalized spacial score (nSPS) is 19.9. The van der Waals surface area contributed by atoms with Crippen LogP contribution in [0.2, 0.25) is 0 Å². The van der Waals surface area contributed by atoms with Crippen molar-refractivity contribution >= 4 is 22.8 Å². The summed E-state index contributed by atoms with van der Waals surface area (Å²) >= 11 is 6.40. The first kappa shape index (κ1) is 18.6. The van der Waals surface area contributed by atoms with Crippen LogP contribution in [0.1, 0.15) is 52.2 Å². The lowest BCUT2D eigenvalue weighted by molar-refractivity contribution is 0.137. The minimum absolute atomic E-state index is 0.202. The highest BCUT2D eigenvalue weighted by Crippen LogP contribution is 2.53. The van der Waals surface area contributed by atoms with Gasteiger partial charge < -0.3 is 10.2 Å². The van der Waals surface area contributed by atoms with E-state index in [1.54, 1.807) is 0 Å². The molecule has 1 fully saturated rings. The fourth-order valence-corrected chi connectivity index (χ4v) is 2.47. The second-order valence-corrected chi connectivity index (χ2v) is 7.83. The monoisotopic (exact) mass is 324 g/mol. The van der Waals surface area contributed by atoms with E-state index in [0.717, 1.165) is 10.6 Å². The molecule has 1 aromatic carbocycles. The van der Waals surface area contributed by atoms with Crippen molar-refractivity contribution in [3.8, 4) is 0 Å². The first-order valence-corrected chi connectivity index (χ1v) is 7.71. The van der Waals surface area contributed by atoms with E-state index in [1.807, 2.05) is 0 Å². The zero-order valence-electron chi connectivity index (χ0n) is 13.9. The van der Waals surface area contributed by atoms with Gasteiger partial charge >= 0.3 is 6.16 Å². The van der Waals surface area contributed by atoms with Gasteiger partial charge in [0, 0.05) is 5.03 Å². The molecule has 0 aromatic heterocycles. The summed E-state index contributed by atoms with van der Waals surface area (Å²) in [6.45, 7) is 11.3. The lowest BCUT2D eigenvalue weighted by Crippen LogP contribution is -2.10. The molecule has 0 heterocycles. The summed E-state index contributed by atoms with van der Waals surface area (Å²) in [5.74, 6) is 0.646. The maximum absolute atomic E-state index is 8.56. The number of rotatable bonds is 2. The average molecular weight is 325 g/mol. The van der Waals surface area contributed by atoms with Gasteiger partial charge in [0.05, 0.1) is 0 Å². The highest BCUT2D eigenvalue weighted by Gasteiger charge is 2.43. The van der Waals surface area contributed by atoms with E-state index in [-0.39, 0.29) is 5.41 Å². The van der Waals surface area contributed by atoms with Crippen molar-refractivity contribution in [1.82, 2.24) is 0 Å². The third-order valence-corrected chi connectivity index (χ3v) is 4.31. The number of allylic oxidation sites excluding steroid dienone is 1. The molecule has 1 aliphatic carbocycles. The predicted molar refractivity (Wildman–Crippen MR) is 91.5 cm³/mol. The Balaban J connectivity index is 0.000000541. The smallest absolute Gasteiger partial charge is 0.450 e. The zero-order chi connectivity index (χ0) is 17.1. The molecule has 22 heavy (non-hydrogen) atoms. The lowest BCUT2D eigenvalue weighted by Gasteiger charge is -2.19. The Bertz CT molecular complexity index is 547. The summed E-state index contributed by atoms with van der Waals surface area (Å²) < 4.78 is 0. The Hall–Kier alpha value is -1.48. The van der Waals surface area contributed by atoms with E-state index in [2.05, 4.69) is 65.0 Å². The van der Waals surface area contributed by atoms with Gasteiger partial charge in [0.2, 0.25) is 0 Å². The molecule has 1 aliphatic rings. The van der Waals surface area contributed by atoms with Crippen LogP contribution in [0.25, 0.3) is 5.03 Å². The van der Waals surface area contributed by atoms with Gasteiger partial charge in [-0.15, -0.1) is 0 Å². The molecule has 0 saturated heterocycles. The summed E-state index contributed by atoms with van der Waals surface area (Å²) in [7, 11) is 0. The SMILES string of the molecule is CC(C)(C)c1ccc(C(Cl)=CC2CC2(C)C)cc1.O=C(O)O. The maximum atomic E-state index is 8.56. The number of halogens is 1. The molecule has 2 rings (SSSR count). The number of hydrogen-bond acceptors (Lipinski definition) is 1. The van der Waals surface area contributed by atoms with Gasteiger partial charge in [-0.3, -0.25) is 0 Å². The van der Waals surface area contributed by atoms with E-state index in [4.69, 9.17) is 26.6 Å². The molecule has 2 N–H and O–H groups in total. The molecule has 1 aromatic rings. The molecule has 3 nitrogen and oxygen atoms in total. The topological polar surface area (TPSA) is 57.5 Å². The van der Waals surface area contributed by atoms with Crippen molar-refractivity contribution in [3.63, 3.8) is 0 Å². The highest BCUT2D eigenvalue weighted by molar-refractivity contribution is 6.48. The molecule has 0 amide bonds. The average Bonchev–Trinajstić information content (AvgIpc) is 2.94. The van der Waals surface area contributed by atoms with Crippen LogP contribution in [0.5, 0.6) is 0 Å². The van der Waals surface area contributed by atoms with Crippen LogP contribution >= 0.6 is 11.6 Å². The molecule has 0 spiro atoms. The van der Waals surface area contributed by atoms with Crippen molar-refractivity contribution in [2.75, 3.05) is 0 Å². The van der Waals surface area contributed by atoms with Crippen molar-refractivity contribution in [2.24, 2.45) is 11.3 Å². The third kappa shape index (κ3) is 5.72. The second kappa shape index (κ2) is 6.74. The summed E-state index contributed by atoms with van der Waals surface area (Å²) in [6, 6.07) is 8.64. The number of benzene rings is 1. The molecule has 4 heteroatoms. The van der Waals surface area contributed by atoms with Crippen LogP contribution in [-0.2, 0) is 5.41 Å². The van der Waals surface area contributed by atoms with Gasteiger partial charge in [0.15, 0.2) is 0 Å². The molecule has 0 aliphatic heterocycles. The molecular weight excluding hydrogens is 300 g/mol. The Morgan fingerprint density at radius 2 is 1.64 bits per heavy atom. The molecule has 0 radical (unpaired) electrons. The fourth-order valence-electron chi connectivity index (χ4n) is 2.19. The van der Waals surface area contributed by atoms with Crippen LogP contribution < -0.4 is 0 Å². The maximum Gasteiger partial charge on any atom is 0.503 e. The van der Waals surface area contributed by atoms with Gasteiger partial charge in [-0.05, 0) is 34.3 Å². The summed E-state index contributed by atoms with van der Waals surface area (Å²) in [4.78, 5) is 8.56. The molecule has 122 valence electrons. The lowest BCUT2D eigenvalue weighted by atomic mass is 9.86. The van der Waals surface area contributed by atoms with Crippen molar-refractivity contribution in [1.29, 1.82) is 0 Å². The largest absolute Gasteiger partial charge is 0.503 e. The van der Waals surface area contributed by atoms with E-state index in [1.165, 1.54) is 12.0 Å². The Labute approximate surface area is 137 Å². The Morgan fingerprint density at radius 1 is 1.23 bits per heavy atom. The highest BCUT2D eigenvalue weighted by atomic mass is 35.5. The number of carboxylic acid groups (broad SMARTS) is 2. The van der Waals surface area contributed by atoms with E-state index in [9.17, 15) is 0 Å². The van der Waals surface area contributed by atoms with Crippen molar-refractivity contribution in [3.05, 3.63) is 41.5 Å². The molecule has 1 atom stereocenters. The Kier molecular flexibility index (Phi) is 5.69. The first-order valence-electron chi connectivity index (χ1n) is 7.33. The minimum Gasteiger partial charge on any atom is -0.450 e. The van der Waals surface area contributed by atoms with Gasteiger partial charge in [-0.2, -0.15) is 0 Å². The van der Waals surface area contributed by atoms with Gasteiger partial charge in [-0.25, -0.2) is 4.79 Å². The number of carbonyl (C=O) groups is 1. The van der Waals surface area contributed by atoms with E-state index < -0.39 is 6.16 Å². The Morgan fingerprint density at radius 3 is 1.95 bits per heavy atom. The van der Waals surface area contributed by atoms with Gasteiger partial charge in [0.1, 0.15) is 0 Å². The summed E-state index contributed by atoms with van der Waals surface area (Å²) in [5, 5.41) is 14.8. The van der Waals surface area contributed by atoms with Gasteiger partial charge in [-0.1, -0.05) is 76.6 Å². The summed E-state index contributed by atoms with van der Waals surface area (Å²) in [5.41, 5.74) is 3.13. The predicted octanol–water partition coefficient (Wildman–Crippen LogP) is 5.83. The molecule has 1 unspecified atom stereocenters. The fraction of sp³-hybridized carbons (Fsp3) is 0.500. The van der Waals surface area contributed by atoms with E-state index in [0.29, 0.717) is 11.3 Å². The van der Waals surface area contributed by atoms with Crippen LogP contribution in [0.4, 0.5) is 4.79 Å². The summed E-state index contributed by atoms with van der Waals surface area (Å²) in [6.07, 6.45) is 1.64. The zero-order valence-corrected chi connectivity index (χ0v) is 14.6. The van der Waals surface area contributed by atoms with Crippen LogP contribution in [0.3, 0.4) is 0 Å². The van der Waals surface area contributed by atoms with Crippen LogP contribution in [0, 0.1) is 11.3 Å². The minimum atomic E-state index is -1.83.